The third-order valence-corrected chi connectivity index (χ3v) is 7.49. The van der Waals surface area contributed by atoms with Gasteiger partial charge in [0.15, 0.2) is 0 Å². The Hall–Kier alpha value is -2.65. The van der Waals surface area contributed by atoms with Crippen LogP contribution in [0.2, 0.25) is 0 Å². The fourth-order valence-electron chi connectivity index (χ4n) is 3.77. The third kappa shape index (κ3) is 5.21. The summed E-state index contributed by atoms with van der Waals surface area (Å²) in [5.74, 6) is 0.0887. The SMILES string of the molecule is CCOc1ccc(S(=O)(=O)N(CC)CC(=O)N2CCN(c3ccccc3F)CC2)cc1C. The van der Waals surface area contributed by atoms with E-state index >= 15 is 0 Å². The highest BCUT2D eigenvalue weighted by Crippen LogP contribution is 2.24. The predicted octanol–water partition coefficient (Wildman–Crippen LogP) is 2.89. The fraction of sp³-hybridized carbons (Fsp3) is 0.435. The number of nitrogens with zero attached hydrogens (tertiary/aromatic N) is 3. The molecular formula is C23H30FN3O4S. The molecule has 1 amide bonds. The summed E-state index contributed by atoms with van der Waals surface area (Å²) in [6.07, 6.45) is 0. The van der Waals surface area contributed by atoms with E-state index in [2.05, 4.69) is 0 Å². The topological polar surface area (TPSA) is 70.2 Å². The van der Waals surface area contributed by atoms with Crippen molar-refractivity contribution >= 4 is 21.6 Å². The van der Waals surface area contributed by atoms with Gasteiger partial charge in [0, 0.05) is 32.7 Å². The summed E-state index contributed by atoms with van der Waals surface area (Å²) in [5, 5.41) is 0. The van der Waals surface area contributed by atoms with E-state index in [0.29, 0.717) is 44.2 Å². The van der Waals surface area contributed by atoms with Crippen molar-refractivity contribution in [3.8, 4) is 5.75 Å². The maximum absolute atomic E-state index is 14.0. The molecule has 1 heterocycles. The number of halogens is 1. The van der Waals surface area contributed by atoms with Gasteiger partial charge in [0.25, 0.3) is 0 Å². The number of aryl methyl sites for hydroxylation is 1. The number of carbonyl (C=O) groups excluding carboxylic acids is 1. The number of hydrogen-bond acceptors (Lipinski definition) is 5. The molecule has 3 rings (SSSR count). The zero-order valence-electron chi connectivity index (χ0n) is 18.8. The highest BCUT2D eigenvalue weighted by atomic mass is 32.2. The number of ether oxygens (including phenoxy) is 1. The Morgan fingerprint density at radius 1 is 1.09 bits per heavy atom. The first-order chi connectivity index (χ1) is 15.3. The molecule has 9 heteroatoms. The first-order valence-corrected chi connectivity index (χ1v) is 12.2. The van der Waals surface area contributed by atoms with E-state index in [1.807, 2.05) is 11.8 Å². The lowest BCUT2D eigenvalue weighted by Crippen LogP contribution is -2.52. The van der Waals surface area contributed by atoms with Gasteiger partial charge in [-0.1, -0.05) is 19.1 Å². The van der Waals surface area contributed by atoms with Crippen LogP contribution in [0.15, 0.2) is 47.4 Å². The van der Waals surface area contributed by atoms with Gasteiger partial charge in [-0.05, 0) is 49.7 Å². The molecule has 1 aliphatic rings. The number of hydrogen-bond donors (Lipinski definition) is 0. The van der Waals surface area contributed by atoms with E-state index in [1.54, 1.807) is 49.1 Å². The molecule has 0 radical (unpaired) electrons. The highest BCUT2D eigenvalue weighted by molar-refractivity contribution is 7.89. The largest absolute Gasteiger partial charge is 0.494 e. The van der Waals surface area contributed by atoms with Crippen LogP contribution in [0.3, 0.4) is 0 Å². The summed E-state index contributed by atoms with van der Waals surface area (Å²) >= 11 is 0. The second-order valence-corrected chi connectivity index (χ2v) is 9.55. The Kier molecular flexibility index (Phi) is 7.73. The maximum atomic E-state index is 14.0. The van der Waals surface area contributed by atoms with Crippen LogP contribution >= 0.6 is 0 Å². The minimum absolute atomic E-state index is 0.137. The van der Waals surface area contributed by atoms with Gasteiger partial charge in [0.05, 0.1) is 23.7 Å². The third-order valence-electron chi connectivity index (χ3n) is 5.57. The van der Waals surface area contributed by atoms with Crippen molar-refractivity contribution in [2.24, 2.45) is 0 Å². The van der Waals surface area contributed by atoms with Crippen molar-refractivity contribution in [2.45, 2.75) is 25.7 Å². The zero-order chi connectivity index (χ0) is 23.3. The van der Waals surface area contributed by atoms with Gasteiger partial charge in [-0.2, -0.15) is 4.31 Å². The van der Waals surface area contributed by atoms with Crippen LogP contribution in [0.5, 0.6) is 5.75 Å². The second-order valence-electron chi connectivity index (χ2n) is 7.61. The summed E-state index contributed by atoms with van der Waals surface area (Å²) < 4.78 is 47.0. The summed E-state index contributed by atoms with van der Waals surface area (Å²) in [7, 11) is -3.83. The highest BCUT2D eigenvalue weighted by Gasteiger charge is 2.29. The number of amides is 1. The number of sulfonamides is 1. The summed E-state index contributed by atoms with van der Waals surface area (Å²) in [5.41, 5.74) is 1.24. The molecule has 1 saturated heterocycles. The monoisotopic (exact) mass is 463 g/mol. The number of benzene rings is 2. The molecular weight excluding hydrogens is 433 g/mol. The van der Waals surface area contributed by atoms with Crippen LogP contribution in [0.4, 0.5) is 10.1 Å². The van der Waals surface area contributed by atoms with Crippen LogP contribution in [0, 0.1) is 12.7 Å². The Labute approximate surface area is 189 Å². The molecule has 0 atom stereocenters. The normalized spacial score (nSPS) is 14.7. The van der Waals surface area contributed by atoms with Crippen molar-refractivity contribution in [1.82, 2.24) is 9.21 Å². The lowest BCUT2D eigenvalue weighted by Gasteiger charge is -2.37. The number of anilines is 1. The molecule has 1 fully saturated rings. The first kappa shape index (κ1) is 24.0. The average Bonchev–Trinajstić information content (AvgIpc) is 2.79. The number of piperazine rings is 1. The van der Waals surface area contributed by atoms with Crippen molar-refractivity contribution in [3.63, 3.8) is 0 Å². The maximum Gasteiger partial charge on any atom is 0.243 e. The standard InChI is InChI=1S/C23H30FN3O4S/c1-4-27(32(29,30)19-10-11-22(31-5-2)18(3)16-19)17-23(28)26-14-12-25(13-15-26)21-9-7-6-8-20(21)24/h6-11,16H,4-5,12-15,17H2,1-3H3. The number of rotatable bonds is 8. The van der Waals surface area contributed by atoms with E-state index in [0.717, 1.165) is 5.56 Å². The lowest BCUT2D eigenvalue weighted by molar-refractivity contribution is -0.131. The van der Waals surface area contributed by atoms with Gasteiger partial charge in [0.1, 0.15) is 11.6 Å². The summed E-state index contributed by atoms with van der Waals surface area (Å²) in [4.78, 5) is 16.5. The van der Waals surface area contributed by atoms with Gasteiger partial charge in [-0.3, -0.25) is 4.79 Å². The molecule has 0 N–H and O–H groups in total. The van der Waals surface area contributed by atoms with Crippen molar-refractivity contribution < 1.29 is 22.3 Å². The quantitative estimate of drug-likeness (QED) is 0.602. The van der Waals surface area contributed by atoms with Crippen LogP contribution in [0.25, 0.3) is 0 Å². The molecule has 2 aromatic carbocycles. The first-order valence-electron chi connectivity index (χ1n) is 10.8. The van der Waals surface area contributed by atoms with Gasteiger partial charge in [-0.25, -0.2) is 12.8 Å². The number of carbonyl (C=O) groups is 1. The van der Waals surface area contributed by atoms with Gasteiger partial charge >= 0.3 is 0 Å². The molecule has 2 aromatic rings. The number of para-hydroxylation sites is 1. The summed E-state index contributed by atoms with van der Waals surface area (Å²) in [6, 6.07) is 11.3. The average molecular weight is 464 g/mol. The number of likely N-dealkylation sites (N-methyl/N-ethyl adjacent to an activating group) is 1. The Morgan fingerprint density at radius 3 is 2.38 bits per heavy atom. The van der Waals surface area contributed by atoms with Crippen LogP contribution in [0.1, 0.15) is 19.4 Å². The van der Waals surface area contributed by atoms with Crippen LogP contribution in [-0.2, 0) is 14.8 Å². The van der Waals surface area contributed by atoms with Gasteiger partial charge < -0.3 is 14.5 Å². The predicted molar refractivity (Wildman–Crippen MR) is 122 cm³/mol. The van der Waals surface area contributed by atoms with Crippen molar-refractivity contribution in [1.29, 1.82) is 0 Å². The van der Waals surface area contributed by atoms with E-state index < -0.39 is 10.0 Å². The molecule has 1 aliphatic heterocycles. The Bertz CT molecular complexity index is 1050. The molecule has 0 unspecified atom stereocenters. The van der Waals surface area contributed by atoms with E-state index in [1.165, 1.54) is 16.4 Å². The molecule has 0 saturated carbocycles. The lowest BCUT2D eigenvalue weighted by atomic mass is 10.2. The molecule has 0 aromatic heterocycles. The smallest absolute Gasteiger partial charge is 0.243 e. The second kappa shape index (κ2) is 10.3. The zero-order valence-corrected chi connectivity index (χ0v) is 19.6. The van der Waals surface area contributed by atoms with E-state index in [4.69, 9.17) is 4.74 Å². The van der Waals surface area contributed by atoms with Gasteiger partial charge in [-0.15, -0.1) is 0 Å². The fourth-order valence-corrected chi connectivity index (χ4v) is 5.26. The molecule has 0 aliphatic carbocycles. The van der Waals surface area contributed by atoms with Crippen molar-refractivity contribution in [3.05, 3.63) is 53.8 Å². The van der Waals surface area contributed by atoms with Crippen molar-refractivity contribution in [2.75, 3.05) is 50.8 Å². The molecule has 7 nitrogen and oxygen atoms in total. The molecule has 174 valence electrons. The van der Waals surface area contributed by atoms with E-state index in [9.17, 15) is 17.6 Å². The minimum Gasteiger partial charge on any atom is -0.494 e. The minimum atomic E-state index is -3.83. The summed E-state index contributed by atoms with van der Waals surface area (Å²) in [6.45, 7) is 7.60. The van der Waals surface area contributed by atoms with Gasteiger partial charge in [0.2, 0.25) is 15.9 Å². The van der Waals surface area contributed by atoms with Crippen LogP contribution in [-0.4, -0.2) is 69.4 Å². The van der Waals surface area contributed by atoms with E-state index in [-0.39, 0.29) is 29.7 Å². The molecule has 32 heavy (non-hydrogen) atoms. The van der Waals surface area contributed by atoms with Crippen LogP contribution < -0.4 is 9.64 Å². The molecule has 0 spiro atoms. The Morgan fingerprint density at radius 2 is 1.78 bits per heavy atom. The Balaban J connectivity index is 1.66. The molecule has 0 bridgehead atoms.